The Labute approximate surface area is 167 Å². The van der Waals surface area contributed by atoms with Crippen LogP contribution in [-0.2, 0) is 13.0 Å². The van der Waals surface area contributed by atoms with E-state index in [-0.39, 0.29) is 11.9 Å². The minimum Gasteiger partial charge on any atom is -0.493 e. The SMILES string of the molecule is COc1cccc(C(=O)NC[C@H](C(C)C)N2CCc3ccccc3C2)c1OC. The molecule has 150 valence electrons. The van der Waals surface area contributed by atoms with Crippen LogP contribution in [0.3, 0.4) is 0 Å². The molecule has 1 N–H and O–H groups in total. The zero-order valence-electron chi connectivity index (χ0n) is 17.2. The standard InChI is InChI=1S/C23H30N2O3/c1-16(2)20(25-13-12-17-8-5-6-9-18(17)15-25)14-24-23(26)19-10-7-11-21(27-3)22(19)28-4/h5-11,16,20H,12-15H2,1-4H3,(H,24,26)/t20-/m1/s1. The minimum absolute atomic E-state index is 0.140. The first-order valence-corrected chi connectivity index (χ1v) is 9.85. The summed E-state index contributed by atoms with van der Waals surface area (Å²) < 4.78 is 10.7. The molecule has 2 aromatic rings. The fourth-order valence-corrected chi connectivity index (χ4v) is 3.95. The van der Waals surface area contributed by atoms with Gasteiger partial charge in [0.05, 0.1) is 19.8 Å². The lowest BCUT2D eigenvalue weighted by Crippen LogP contribution is -2.48. The summed E-state index contributed by atoms with van der Waals surface area (Å²) in [6.07, 6.45) is 1.05. The molecule has 28 heavy (non-hydrogen) atoms. The van der Waals surface area contributed by atoms with E-state index in [1.54, 1.807) is 32.4 Å². The van der Waals surface area contributed by atoms with Crippen molar-refractivity contribution < 1.29 is 14.3 Å². The summed E-state index contributed by atoms with van der Waals surface area (Å²) >= 11 is 0. The van der Waals surface area contributed by atoms with Crippen molar-refractivity contribution in [2.24, 2.45) is 5.92 Å². The highest BCUT2D eigenvalue weighted by Crippen LogP contribution is 2.30. The highest BCUT2D eigenvalue weighted by Gasteiger charge is 2.26. The van der Waals surface area contributed by atoms with E-state index in [4.69, 9.17) is 9.47 Å². The number of methoxy groups -OCH3 is 2. The van der Waals surface area contributed by atoms with Gasteiger partial charge in [0.15, 0.2) is 11.5 Å². The number of benzene rings is 2. The number of fused-ring (bicyclic) bond motifs is 1. The maximum absolute atomic E-state index is 12.8. The summed E-state index contributed by atoms with van der Waals surface area (Å²) in [5, 5.41) is 3.11. The van der Waals surface area contributed by atoms with E-state index in [2.05, 4.69) is 48.3 Å². The van der Waals surface area contributed by atoms with E-state index in [1.165, 1.54) is 11.1 Å². The first-order valence-electron chi connectivity index (χ1n) is 9.85. The van der Waals surface area contributed by atoms with Crippen molar-refractivity contribution in [3.63, 3.8) is 0 Å². The Morgan fingerprint density at radius 1 is 1.07 bits per heavy atom. The van der Waals surface area contributed by atoms with E-state index in [9.17, 15) is 4.79 Å². The number of rotatable bonds is 7. The average molecular weight is 383 g/mol. The summed E-state index contributed by atoms with van der Waals surface area (Å²) in [5.41, 5.74) is 3.32. The lowest BCUT2D eigenvalue weighted by Gasteiger charge is -2.38. The first-order chi connectivity index (χ1) is 13.5. The molecule has 1 heterocycles. The second kappa shape index (κ2) is 9.11. The van der Waals surface area contributed by atoms with Gasteiger partial charge >= 0.3 is 0 Å². The van der Waals surface area contributed by atoms with Gasteiger partial charge in [0, 0.05) is 25.7 Å². The van der Waals surface area contributed by atoms with E-state index >= 15 is 0 Å². The van der Waals surface area contributed by atoms with E-state index in [0.29, 0.717) is 29.5 Å². The van der Waals surface area contributed by atoms with Crippen molar-refractivity contribution in [2.45, 2.75) is 32.9 Å². The molecular weight excluding hydrogens is 352 g/mol. The summed E-state index contributed by atoms with van der Waals surface area (Å²) in [6, 6.07) is 14.3. The Hall–Kier alpha value is -2.53. The van der Waals surface area contributed by atoms with Crippen LogP contribution in [0.15, 0.2) is 42.5 Å². The second-order valence-corrected chi connectivity index (χ2v) is 7.55. The lowest BCUT2D eigenvalue weighted by molar-refractivity contribution is 0.0900. The average Bonchev–Trinajstić information content (AvgIpc) is 2.72. The van der Waals surface area contributed by atoms with E-state index in [1.807, 2.05) is 0 Å². The van der Waals surface area contributed by atoms with Crippen LogP contribution in [-0.4, -0.2) is 44.2 Å². The molecule has 0 bridgehead atoms. The van der Waals surface area contributed by atoms with Crippen LogP contribution in [0.4, 0.5) is 0 Å². The maximum atomic E-state index is 12.8. The zero-order valence-corrected chi connectivity index (χ0v) is 17.2. The quantitative estimate of drug-likeness (QED) is 0.796. The molecule has 1 aliphatic rings. The van der Waals surface area contributed by atoms with Crippen molar-refractivity contribution in [1.29, 1.82) is 0 Å². The van der Waals surface area contributed by atoms with Gasteiger partial charge < -0.3 is 14.8 Å². The fraction of sp³-hybridized carbons (Fsp3) is 0.435. The normalized spacial score (nSPS) is 15.0. The van der Waals surface area contributed by atoms with Crippen LogP contribution >= 0.6 is 0 Å². The monoisotopic (exact) mass is 382 g/mol. The third-order valence-corrected chi connectivity index (χ3v) is 5.52. The van der Waals surface area contributed by atoms with Gasteiger partial charge in [-0.05, 0) is 35.6 Å². The first kappa shape index (κ1) is 20.2. The predicted octanol–water partition coefficient (Wildman–Crippen LogP) is 3.52. The number of para-hydroxylation sites is 1. The van der Waals surface area contributed by atoms with Crippen molar-refractivity contribution in [1.82, 2.24) is 10.2 Å². The number of carbonyl (C=O) groups excluding carboxylic acids is 1. The molecule has 1 atom stereocenters. The van der Waals surface area contributed by atoms with Crippen molar-refractivity contribution in [3.05, 3.63) is 59.2 Å². The topological polar surface area (TPSA) is 50.8 Å². The molecule has 5 nitrogen and oxygen atoms in total. The Bertz CT molecular complexity index is 819. The van der Waals surface area contributed by atoms with Crippen LogP contribution in [0.2, 0.25) is 0 Å². The number of ether oxygens (including phenoxy) is 2. The summed E-state index contributed by atoms with van der Waals surface area (Å²) in [4.78, 5) is 15.3. The summed E-state index contributed by atoms with van der Waals surface area (Å²) in [5.74, 6) is 1.32. The Kier molecular flexibility index (Phi) is 6.57. The number of amides is 1. The summed E-state index contributed by atoms with van der Waals surface area (Å²) in [7, 11) is 3.12. The molecule has 0 saturated heterocycles. The van der Waals surface area contributed by atoms with Crippen molar-refractivity contribution >= 4 is 5.91 Å². The minimum atomic E-state index is -0.140. The smallest absolute Gasteiger partial charge is 0.255 e. The van der Waals surface area contributed by atoms with Gasteiger partial charge in [-0.3, -0.25) is 9.69 Å². The third-order valence-electron chi connectivity index (χ3n) is 5.52. The molecule has 3 rings (SSSR count). The van der Waals surface area contributed by atoms with Gasteiger partial charge in [0.2, 0.25) is 0 Å². The van der Waals surface area contributed by atoms with Gasteiger partial charge in [-0.15, -0.1) is 0 Å². The second-order valence-electron chi connectivity index (χ2n) is 7.55. The number of nitrogens with zero attached hydrogens (tertiary/aromatic N) is 1. The summed E-state index contributed by atoms with van der Waals surface area (Å²) in [6.45, 7) is 6.96. The lowest BCUT2D eigenvalue weighted by atomic mass is 9.95. The van der Waals surface area contributed by atoms with Gasteiger partial charge in [0.25, 0.3) is 5.91 Å². The van der Waals surface area contributed by atoms with Gasteiger partial charge in [-0.25, -0.2) is 0 Å². The molecule has 0 fully saturated rings. The number of hydrogen-bond donors (Lipinski definition) is 1. The van der Waals surface area contributed by atoms with Gasteiger partial charge in [0.1, 0.15) is 0 Å². The van der Waals surface area contributed by atoms with Crippen molar-refractivity contribution in [3.8, 4) is 11.5 Å². The molecule has 0 saturated carbocycles. The third kappa shape index (κ3) is 4.30. The number of carbonyl (C=O) groups is 1. The molecule has 0 radical (unpaired) electrons. The van der Waals surface area contributed by atoms with Crippen LogP contribution in [0.1, 0.15) is 35.3 Å². The number of nitrogens with one attached hydrogen (secondary N) is 1. The van der Waals surface area contributed by atoms with Crippen LogP contribution in [0.5, 0.6) is 11.5 Å². The molecule has 0 aliphatic carbocycles. The van der Waals surface area contributed by atoms with Crippen LogP contribution < -0.4 is 14.8 Å². The molecule has 0 spiro atoms. The Morgan fingerprint density at radius 2 is 1.82 bits per heavy atom. The highest BCUT2D eigenvalue weighted by atomic mass is 16.5. The Morgan fingerprint density at radius 3 is 2.50 bits per heavy atom. The molecule has 1 amide bonds. The van der Waals surface area contributed by atoms with Crippen LogP contribution in [0, 0.1) is 5.92 Å². The van der Waals surface area contributed by atoms with Gasteiger partial charge in [-0.1, -0.05) is 44.2 Å². The Balaban J connectivity index is 1.70. The maximum Gasteiger partial charge on any atom is 0.255 e. The van der Waals surface area contributed by atoms with Crippen LogP contribution in [0.25, 0.3) is 0 Å². The van der Waals surface area contributed by atoms with Crippen molar-refractivity contribution in [2.75, 3.05) is 27.3 Å². The molecule has 0 aromatic heterocycles. The predicted molar refractivity (Wildman–Crippen MR) is 111 cm³/mol. The number of hydrogen-bond acceptors (Lipinski definition) is 4. The molecule has 0 unspecified atom stereocenters. The molecule has 5 heteroatoms. The molecule has 2 aromatic carbocycles. The van der Waals surface area contributed by atoms with E-state index < -0.39 is 0 Å². The van der Waals surface area contributed by atoms with Gasteiger partial charge in [-0.2, -0.15) is 0 Å². The highest BCUT2D eigenvalue weighted by molar-refractivity contribution is 5.97. The van der Waals surface area contributed by atoms with E-state index in [0.717, 1.165) is 19.5 Å². The fourth-order valence-electron chi connectivity index (χ4n) is 3.95. The molecular formula is C23H30N2O3. The molecule has 1 aliphatic heterocycles. The zero-order chi connectivity index (χ0) is 20.1. The largest absolute Gasteiger partial charge is 0.493 e.